The molecule has 0 radical (unpaired) electrons. The summed E-state index contributed by atoms with van der Waals surface area (Å²) in [5.74, 6) is 0.148. The van der Waals surface area contributed by atoms with Gasteiger partial charge >= 0.3 is 0 Å². The van der Waals surface area contributed by atoms with E-state index in [0.29, 0.717) is 21.9 Å². The minimum absolute atomic E-state index is 0.148. The highest BCUT2D eigenvalue weighted by Gasteiger charge is 2.43. The second kappa shape index (κ2) is 8.41. The van der Waals surface area contributed by atoms with Crippen molar-refractivity contribution < 1.29 is 5.11 Å². The Bertz CT molecular complexity index is 1160. The van der Waals surface area contributed by atoms with Crippen molar-refractivity contribution in [2.75, 3.05) is 4.90 Å². The number of anilines is 1. The molecule has 7 heteroatoms. The lowest BCUT2D eigenvalue weighted by atomic mass is 9.96. The number of benzene rings is 1. The van der Waals surface area contributed by atoms with Crippen LogP contribution in [0.2, 0.25) is 5.02 Å². The summed E-state index contributed by atoms with van der Waals surface area (Å²) in [6.07, 6.45) is 6.81. The molecule has 166 valence electrons. The summed E-state index contributed by atoms with van der Waals surface area (Å²) in [6, 6.07) is 13.5. The zero-order chi connectivity index (χ0) is 22.4. The topological polar surface area (TPSA) is 53.3 Å². The van der Waals surface area contributed by atoms with E-state index in [1.165, 1.54) is 42.6 Å². The van der Waals surface area contributed by atoms with Gasteiger partial charge in [0.05, 0.1) is 23.5 Å². The summed E-state index contributed by atoms with van der Waals surface area (Å²) in [5, 5.41) is 15.3. The number of thiocarbonyl (C=S) groups is 1. The van der Waals surface area contributed by atoms with Crippen molar-refractivity contribution in [3.63, 3.8) is 0 Å². The fraction of sp³-hybridized carbons (Fsp3) is 0.360. The lowest BCUT2D eigenvalue weighted by Crippen LogP contribution is -2.29. The highest BCUT2D eigenvalue weighted by molar-refractivity contribution is 7.80. The number of aromatic hydroxyl groups is 1. The van der Waals surface area contributed by atoms with E-state index in [4.69, 9.17) is 23.8 Å². The van der Waals surface area contributed by atoms with Gasteiger partial charge in [0.1, 0.15) is 5.75 Å². The summed E-state index contributed by atoms with van der Waals surface area (Å²) in [4.78, 5) is 6.63. The molecule has 2 N–H and O–H groups in total. The maximum Gasteiger partial charge on any atom is 0.174 e. The van der Waals surface area contributed by atoms with E-state index >= 15 is 0 Å². The molecule has 1 aromatic carbocycles. The molecule has 3 heterocycles. The van der Waals surface area contributed by atoms with Gasteiger partial charge in [-0.05, 0) is 80.9 Å². The van der Waals surface area contributed by atoms with Crippen molar-refractivity contribution >= 4 is 34.6 Å². The number of hydrogen-bond acceptors (Lipinski definition) is 3. The number of rotatable bonds is 4. The third kappa shape index (κ3) is 3.55. The minimum Gasteiger partial charge on any atom is -0.506 e. The third-order valence-electron chi connectivity index (χ3n) is 6.83. The number of phenolic OH excluding ortho intramolecular Hbond substituents is 1. The number of hydrogen-bond donors (Lipinski definition) is 2. The van der Waals surface area contributed by atoms with Crippen LogP contribution in [0.15, 0.2) is 48.7 Å². The average Bonchev–Trinajstić information content (AvgIpc) is 3.48. The minimum atomic E-state index is -0.164. The summed E-state index contributed by atoms with van der Waals surface area (Å²) < 4.78 is 2.50. The largest absolute Gasteiger partial charge is 0.506 e. The first kappa shape index (κ1) is 21.3. The second-order valence-corrected chi connectivity index (χ2v) is 9.59. The fourth-order valence-electron chi connectivity index (χ4n) is 5.45. The molecule has 2 aromatic heterocycles. The first-order valence-corrected chi connectivity index (χ1v) is 11.9. The van der Waals surface area contributed by atoms with Crippen molar-refractivity contribution in [3.05, 3.63) is 76.3 Å². The van der Waals surface area contributed by atoms with Crippen LogP contribution in [0, 0.1) is 13.8 Å². The van der Waals surface area contributed by atoms with E-state index in [0.717, 1.165) is 5.69 Å². The van der Waals surface area contributed by atoms with Gasteiger partial charge in [-0.1, -0.05) is 30.5 Å². The predicted molar refractivity (Wildman–Crippen MR) is 132 cm³/mol. The van der Waals surface area contributed by atoms with Crippen molar-refractivity contribution in [1.82, 2.24) is 14.9 Å². The normalized spacial score (nSPS) is 21.3. The highest BCUT2D eigenvalue weighted by Crippen LogP contribution is 2.47. The summed E-state index contributed by atoms with van der Waals surface area (Å²) in [5.41, 5.74) is 5.21. The Morgan fingerprint density at radius 2 is 1.91 bits per heavy atom. The number of aryl methyl sites for hydroxylation is 1. The molecule has 32 heavy (non-hydrogen) atoms. The van der Waals surface area contributed by atoms with E-state index in [2.05, 4.69) is 34.8 Å². The van der Waals surface area contributed by atoms with E-state index in [-0.39, 0.29) is 17.8 Å². The fourth-order valence-corrected chi connectivity index (χ4v) is 5.95. The average molecular weight is 467 g/mol. The molecule has 5 nitrogen and oxygen atoms in total. The number of halogens is 1. The Balaban J connectivity index is 1.68. The van der Waals surface area contributed by atoms with Crippen LogP contribution in [-0.2, 0) is 0 Å². The van der Waals surface area contributed by atoms with Gasteiger partial charge in [-0.25, -0.2) is 0 Å². The molecular formula is C25H27ClN4OS. The molecule has 2 aliphatic rings. The monoisotopic (exact) mass is 466 g/mol. The molecule has 0 bridgehead atoms. The van der Waals surface area contributed by atoms with Crippen molar-refractivity contribution in [1.29, 1.82) is 0 Å². The molecule has 1 aliphatic carbocycles. The number of nitrogens with one attached hydrogen (secondary N) is 1. The quantitative estimate of drug-likeness (QED) is 0.451. The van der Waals surface area contributed by atoms with Crippen LogP contribution in [0.1, 0.15) is 66.5 Å². The van der Waals surface area contributed by atoms with Crippen molar-refractivity contribution in [2.45, 2.75) is 57.7 Å². The van der Waals surface area contributed by atoms with Crippen LogP contribution in [-0.4, -0.2) is 19.8 Å². The molecule has 1 saturated carbocycles. The Kier molecular flexibility index (Phi) is 5.59. The van der Waals surface area contributed by atoms with Crippen molar-refractivity contribution in [2.24, 2.45) is 0 Å². The first-order valence-electron chi connectivity index (χ1n) is 11.1. The van der Waals surface area contributed by atoms with E-state index in [1.54, 1.807) is 24.4 Å². The number of phenols is 1. The SMILES string of the molecule is Cc1cc([C@H]2[C@H](c3ccccn3)NC(=S)N2c2cc(Cl)ccc2O)c(C)n1C1CCCC1. The van der Waals surface area contributed by atoms with Gasteiger partial charge in [0.2, 0.25) is 0 Å². The molecule has 0 unspecified atom stereocenters. The van der Waals surface area contributed by atoms with Crippen LogP contribution < -0.4 is 10.2 Å². The van der Waals surface area contributed by atoms with Gasteiger partial charge in [-0.2, -0.15) is 0 Å². The van der Waals surface area contributed by atoms with Gasteiger partial charge in [0, 0.05) is 28.6 Å². The lowest BCUT2D eigenvalue weighted by Gasteiger charge is -2.29. The number of nitrogens with zero attached hydrogens (tertiary/aromatic N) is 3. The van der Waals surface area contributed by atoms with Gasteiger partial charge in [-0.15, -0.1) is 0 Å². The maximum atomic E-state index is 10.7. The van der Waals surface area contributed by atoms with Crippen LogP contribution in [0.3, 0.4) is 0 Å². The number of pyridine rings is 1. The van der Waals surface area contributed by atoms with Crippen molar-refractivity contribution in [3.8, 4) is 5.75 Å². The summed E-state index contributed by atoms with van der Waals surface area (Å²) in [7, 11) is 0. The summed E-state index contributed by atoms with van der Waals surface area (Å²) >= 11 is 12.1. The highest BCUT2D eigenvalue weighted by atomic mass is 35.5. The molecule has 2 atom stereocenters. The van der Waals surface area contributed by atoms with E-state index < -0.39 is 0 Å². The molecule has 3 aromatic rings. The maximum absolute atomic E-state index is 10.7. The molecule has 2 fully saturated rings. The third-order valence-corrected chi connectivity index (χ3v) is 7.38. The lowest BCUT2D eigenvalue weighted by molar-refractivity contribution is 0.472. The molecule has 1 saturated heterocycles. The molecule has 1 aliphatic heterocycles. The summed E-state index contributed by atoms with van der Waals surface area (Å²) in [6.45, 7) is 4.39. The first-order chi connectivity index (χ1) is 15.5. The Labute approximate surface area is 199 Å². The number of aromatic nitrogens is 2. The Morgan fingerprint density at radius 3 is 2.62 bits per heavy atom. The van der Waals surface area contributed by atoms with Gasteiger partial charge in [0.15, 0.2) is 5.11 Å². The molecule has 0 spiro atoms. The Morgan fingerprint density at radius 1 is 1.12 bits per heavy atom. The molecule has 5 rings (SSSR count). The van der Waals surface area contributed by atoms with Gasteiger partial charge in [0.25, 0.3) is 0 Å². The van der Waals surface area contributed by atoms with Crippen LogP contribution in [0.5, 0.6) is 5.75 Å². The zero-order valence-corrected chi connectivity index (χ0v) is 19.8. The van der Waals surface area contributed by atoms with Gasteiger partial charge < -0.3 is 19.9 Å². The van der Waals surface area contributed by atoms with Crippen LogP contribution >= 0.6 is 23.8 Å². The smallest absolute Gasteiger partial charge is 0.174 e. The second-order valence-electron chi connectivity index (χ2n) is 8.76. The predicted octanol–water partition coefficient (Wildman–Crippen LogP) is 6.15. The van der Waals surface area contributed by atoms with Gasteiger partial charge in [-0.3, -0.25) is 4.98 Å². The van der Waals surface area contributed by atoms with Crippen LogP contribution in [0.25, 0.3) is 0 Å². The Hall–Kier alpha value is -2.57. The zero-order valence-electron chi connectivity index (χ0n) is 18.3. The van der Waals surface area contributed by atoms with E-state index in [9.17, 15) is 5.11 Å². The molecule has 0 amide bonds. The molecular weight excluding hydrogens is 440 g/mol. The standard InChI is InChI=1S/C25H27ClN4OS/c1-15-13-19(16(2)29(15)18-7-3-4-8-18)24-23(20-9-5-6-12-27-20)28-25(32)30(24)21-14-17(26)10-11-22(21)31/h5-6,9-14,18,23-24,31H,3-4,7-8H2,1-2H3,(H,28,32)/t23-,24-/m0/s1. The van der Waals surface area contributed by atoms with Crippen LogP contribution in [0.4, 0.5) is 5.69 Å². The van der Waals surface area contributed by atoms with E-state index in [1.807, 2.05) is 23.1 Å².